The first-order valence-electron chi connectivity index (χ1n) is 6.39. The molecule has 1 saturated carbocycles. The van der Waals surface area contributed by atoms with Gasteiger partial charge in [0.15, 0.2) is 0 Å². The second-order valence-corrected chi connectivity index (χ2v) is 4.93. The number of carbonyl (C=O) groups is 1. The molecule has 4 nitrogen and oxygen atoms in total. The fourth-order valence-electron chi connectivity index (χ4n) is 2.49. The summed E-state index contributed by atoms with van der Waals surface area (Å²) in [6.45, 7) is 1.95. The van der Waals surface area contributed by atoms with E-state index in [1.165, 1.54) is 19.3 Å². The van der Waals surface area contributed by atoms with Gasteiger partial charge in [0.2, 0.25) is 5.91 Å². The molecule has 0 saturated heterocycles. The third-order valence-electron chi connectivity index (χ3n) is 3.59. The van der Waals surface area contributed by atoms with E-state index in [-0.39, 0.29) is 11.3 Å². The van der Waals surface area contributed by atoms with Crippen LogP contribution in [0.3, 0.4) is 0 Å². The number of hydrogen-bond donors (Lipinski definition) is 3. The van der Waals surface area contributed by atoms with E-state index in [0.717, 1.165) is 19.3 Å². The molecule has 0 spiro atoms. The molecule has 0 aromatic carbocycles. The van der Waals surface area contributed by atoms with Crippen molar-refractivity contribution in [3.63, 3.8) is 0 Å². The Morgan fingerprint density at radius 1 is 1.19 bits per heavy atom. The highest BCUT2D eigenvalue weighted by Gasteiger charge is 2.32. The summed E-state index contributed by atoms with van der Waals surface area (Å²) in [6.07, 6.45) is 7.37. The minimum Gasteiger partial charge on any atom is -0.356 e. The minimum atomic E-state index is 0.0745. The van der Waals surface area contributed by atoms with Gasteiger partial charge < -0.3 is 16.8 Å². The Balaban J connectivity index is 2.33. The van der Waals surface area contributed by atoms with Gasteiger partial charge in [-0.3, -0.25) is 4.79 Å². The van der Waals surface area contributed by atoms with Gasteiger partial charge in [0.05, 0.1) is 0 Å². The number of carbonyl (C=O) groups excluding carboxylic acids is 1. The number of nitrogens with one attached hydrogen (secondary N) is 1. The maximum atomic E-state index is 11.7. The first-order valence-corrected chi connectivity index (χ1v) is 6.39. The maximum absolute atomic E-state index is 11.7. The van der Waals surface area contributed by atoms with E-state index in [0.29, 0.717) is 26.1 Å². The summed E-state index contributed by atoms with van der Waals surface area (Å²) in [7, 11) is 0. The summed E-state index contributed by atoms with van der Waals surface area (Å²) < 4.78 is 0. The molecule has 0 aliphatic heterocycles. The van der Waals surface area contributed by atoms with Crippen LogP contribution in [0.5, 0.6) is 0 Å². The van der Waals surface area contributed by atoms with Gasteiger partial charge in [0.25, 0.3) is 0 Å². The van der Waals surface area contributed by atoms with Crippen LogP contribution in [0.2, 0.25) is 0 Å². The first-order chi connectivity index (χ1) is 7.72. The van der Waals surface area contributed by atoms with E-state index in [4.69, 9.17) is 11.5 Å². The Morgan fingerprint density at radius 2 is 1.88 bits per heavy atom. The molecule has 0 radical (unpaired) electrons. The smallest absolute Gasteiger partial charge is 0.220 e. The van der Waals surface area contributed by atoms with Crippen molar-refractivity contribution >= 4 is 5.91 Å². The predicted octanol–water partition coefficient (Wildman–Crippen LogP) is 0.751. The Labute approximate surface area is 98.1 Å². The lowest BCUT2D eigenvalue weighted by Gasteiger charge is -2.35. The number of nitrogens with two attached hydrogens (primary N) is 2. The standard InChI is InChI=1S/C12H25N3O/c13-7-4-8-15-11(16)9-12(10-14)5-2-1-3-6-12/h1-10,13-14H2,(H,15,16). The zero-order valence-electron chi connectivity index (χ0n) is 10.1. The van der Waals surface area contributed by atoms with Crippen LogP contribution in [0, 0.1) is 5.41 Å². The van der Waals surface area contributed by atoms with Crippen LogP contribution in [-0.2, 0) is 4.79 Å². The molecule has 1 amide bonds. The quantitative estimate of drug-likeness (QED) is 0.586. The summed E-state index contributed by atoms with van der Waals surface area (Å²) in [5.74, 6) is 0.140. The van der Waals surface area contributed by atoms with Gasteiger partial charge in [-0.15, -0.1) is 0 Å². The fourth-order valence-corrected chi connectivity index (χ4v) is 2.49. The van der Waals surface area contributed by atoms with E-state index >= 15 is 0 Å². The molecule has 5 N–H and O–H groups in total. The molecule has 16 heavy (non-hydrogen) atoms. The van der Waals surface area contributed by atoms with Gasteiger partial charge in [-0.05, 0) is 37.8 Å². The Kier molecular flexibility index (Phi) is 5.77. The van der Waals surface area contributed by atoms with Crippen molar-refractivity contribution in [1.82, 2.24) is 5.32 Å². The molecular weight excluding hydrogens is 202 g/mol. The van der Waals surface area contributed by atoms with Crippen LogP contribution in [0.25, 0.3) is 0 Å². The van der Waals surface area contributed by atoms with Crippen molar-refractivity contribution in [2.45, 2.75) is 44.9 Å². The van der Waals surface area contributed by atoms with Crippen molar-refractivity contribution in [2.24, 2.45) is 16.9 Å². The Hall–Kier alpha value is -0.610. The minimum absolute atomic E-state index is 0.0745. The molecule has 0 unspecified atom stereocenters. The highest BCUT2D eigenvalue weighted by molar-refractivity contribution is 5.76. The van der Waals surface area contributed by atoms with Gasteiger partial charge in [0, 0.05) is 13.0 Å². The maximum Gasteiger partial charge on any atom is 0.220 e. The van der Waals surface area contributed by atoms with Crippen molar-refractivity contribution in [3.8, 4) is 0 Å². The normalized spacial score (nSPS) is 19.4. The predicted molar refractivity (Wildman–Crippen MR) is 65.9 cm³/mol. The largest absolute Gasteiger partial charge is 0.356 e. The molecule has 94 valence electrons. The number of amides is 1. The molecule has 1 aliphatic rings. The van der Waals surface area contributed by atoms with E-state index in [1.54, 1.807) is 0 Å². The van der Waals surface area contributed by atoms with Crippen molar-refractivity contribution < 1.29 is 4.79 Å². The van der Waals surface area contributed by atoms with E-state index < -0.39 is 0 Å². The molecule has 4 heteroatoms. The van der Waals surface area contributed by atoms with E-state index in [9.17, 15) is 4.79 Å². The molecule has 1 fully saturated rings. The SMILES string of the molecule is NCCCNC(=O)CC1(CN)CCCCC1. The van der Waals surface area contributed by atoms with Crippen LogP contribution in [0.4, 0.5) is 0 Å². The summed E-state index contributed by atoms with van der Waals surface area (Å²) in [5.41, 5.74) is 11.3. The van der Waals surface area contributed by atoms with E-state index in [1.807, 2.05) is 0 Å². The fraction of sp³-hybridized carbons (Fsp3) is 0.917. The summed E-state index contributed by atoms with van der Waals surface area (Å²) in [4.78, 5) is 11.7. The Morgan fingerprint density at radius 3 is 2.44 bits per heavy atom. The lowest BCUT2D eigenvalue weighted by molar-refractivity contribution is -0.123. The molecule has 0 aromatic heterocycles. The monoisotopic (exact) mass is 227 g/mol. The molecule has 0 bridgehead atoms. The Bertz CT molecular complexity index is 212. The van der Waals surface area contributed by atoms with Crippen LogP contribution in [0.1, 0.15) is 44.9 Å². The van der Waals surface area contributed by atoms with E-state index in [2.05, 4.69) is 5.32 Å². The third kappa shape index (κ3) is 4.10. The second-order valence-electron chi connectivity index (χ2n) is 4.93. The van der Waals surface area contributed by atoms with Crippen LogP contribution >= 0.6 is 0 Å². The van der Waals surface area contributed by atoms with Gasteiger partial charge >= 0.3 is 0 Å². The van der Waals surface area contributed by atoms with Crippen molar-refractivity contribution in [1.29, 1.82) is 0 Å². The summed E-state index contributed by atoms with van der Waals surface area (Å²) >= 11 is 0. The first kappa shape index (κ1) is 13.5. The van der Waals surface area contributed by atoms with Crippen LogP contribution < -0.4 is 16.8 Å². The molecular formula is C12H25N3O. The van der Waals surface area contributed by atoms with Crippen LogP contribution in [-0.4, -0.2) is 25.5 Å². The molecule has 0 aromatic rings. The lowest BCUT2D eigenvalue weighted by atomic mass is 9.71. The molecule has 0 heterocycles. The zero-order chi connectivity index (χ0) is 11.9. The summed E-state index contributed by atoms with van der Waals surface area (Å²) in [5, 5.41) is 2.92. The van der Waals surface area contributed by atoms with Crippen LogP contribution in [0.15, 0.2) is 0 Å². The van der Waals surface area contributed by atoms with Gasteiger partial charge in [-0.1, -0.05) is 19.3 Å². The third-order valence-corrected chi connectivity index (χ3v) is 3.59. The molecule has 1 rings (SSSR count). The number of hydrogen-bond acceptors (Lipinski definition) is 3. The zero-order valence-corrected chi connectivity index (χ0v) is 10.1. The van der Waals surface area contributed by atoms with Gasteiger partial charge in [0.1, 0.15) is 0 Å². The number of rotatable bonds is 6. The van der Waals surface area contributed by atoms with Gasteiger partial charge in [-0.25, -0.2) is 0 Å². The highest BCUT2D eigenvalue weighted by atomic mass is 16.1. The summed E-state index contributed by atoms with van der Waals surface area (Å²) in [6, 6.07) is 0. The van der Waals surface area contributed by atoms with Crippen molar-refractivity contribution in [3.05, 3.63) is 0 Å². The molecule has 1 aliphatic carbocycles. The lowest BCUT2D eigenvalue weighted by Crippen LogP contribution is -2.39. The van der Waals surface area contributed by atoms with Crippen molar-refractivity contribution in [2.75, 3.05) is 19.6 Å². The average molecular weight is 227 g/mol. The highest BCUT2D eigenvalue weighted by Crippen LogP contribution is 2.38. The van der Waals surface area contributed by atoms with Gasteiger partial charge in [-0.2, -0.15) is 0 Å². The second kappa shape index (κ2) is 6.86. The molecule has 0 atom stereocenters. The average Bonchev–Trinajstić information content (AvgIpc) is 2.30. The topological polar surface area (TPSA) is 81.1 Å².